The van der Waals surface area contributed by atoms with Crippen molar-refractivity contribution < 1.29 is 80.2 Å². The number of phosphoric ester groups is 2. The first-order valence-electron chi connectivity index (χ1n) is 38.0. The van der Waals surface area contributed by atoms with E-state index in [2.05, 4.69) is 41.5 Å². The van der Waals surface area contributed by atoms with E-state index in [0.29, 0.717) is 25.7 Å². The van der Waals surface area contributed by atoms with Gasteiger partial charge in [0.1, 0.15) is 19.3 Å². The molecule has 0 radical (unpaired) electrons. The molecule has 0 amide bonds. The molecule has 19 heteroatoms. The van der Waals surface area contributed by atoms with Crippen LogP contribution in [0, 0.1) is 11.8 Å². The van der Waals surface area contributed by atoms with Crippen molar-refractivity contribution in [3.05, 3.63) is 0 Å². The zero-order chi connectivity index (χ0) is 67.9. The number of carbonyl (C=O) groups is 4. The first-order chi connectivity index (χ1) is 44.4. The second-order valence-electron chi connectivity index (χ2n) is 27.1. The molecule has 546 valence electrons. The lowest BCUT2D eigenvalue weighted by molar-refractivity contribution is -0.161. The lowest BCUT2D eigenvalue weighted by atomic mass is 9.99. The average molecular weight is 1350 g/mol. The van der Waals surface area contributed by atoms with Crippen LogP contribution >= 0.6 is 15.6 Å². The van der Waals surface area contributed by atoms with Gasteiger partial charge in [-0.1, -0.05) is 324 Å². The number of aliphatic hydroxyl groups excluding tert-OH is 1. The van der Waals surface area contributed by atoms with Crippen LogP contribution in [0.3, 0.4) is 0 Å². The van der Waals surface area contributed by atoms with Crippen molar-refractivity contribution in [2.75, 3.05) is 39.6 Å². The van der Waals surface area contributed by atoms with E-state index in [1.807, 2.05) is 0 Å². The topological polar surface area (TPSA) is 237 Å². The second kappa shape index (κ2) is 65.0. The highest BCUT2D eigenvalue weighted by atomic mass is 31.2. The van der Waals surface area contributed by atoms with Crippen LogP contribution in [0.5, 0.6) is 0 Å². The maximum Gasteiger partial charge on any atom is 0.472 e. The number of carbonyl (C=O) groups excluding carboxylic acids is 4. The highest BCUT2D eigenvalue weighted by Crippen LogP contribution is 2.45. The number of esters is 4. The Hall–Kier alpha value is -1.94. The van der Waals surface area contributed by atoms with Gasteiger partial charge in [-0.3, -0.25) is 37.3 Å². The number of rotatable bonds is 72. The number of ether oxygens (including phenoxy) is 4. The van der Waals surface area contributed by atoms with Gasteiger partial charge in [-0.2, -0.15) is 0 Å². The summed E-state index contributed by atoms with van der Waals surface area (Å²) in [5.74, 6) is -0.549. The number of phosphoric acid groups is 2. The SMILES string of the molecule is CCCCCCCCCCCCCCCCCCCC(=O)O[C@H](COC(=O)CCCCCCCCCCCCCC(C)C)COP(=O)(O)OC[C@@H](O)COP(=O)(O)OC[C@@H](COC(=O)CCCCCCCCC)OC(=O)CCCCCCCCCCCCC(C)CC. The van der Waals surface area contributed by atoms with E-state index in [4.69, 9.17) is 37.0 Å². The van der Waals surface area contributed by atoms with Crippen LogP contribution in [-0.4, -0.2) is 96.7 Å². The third-order valence-corrected chi connectivity index (χ3v) is 19.2. The molecule has 0 fully saturated rings. The quantitative estimate of drug-likeness (QED) is 0.0222. The van der Waals surface area contributed by atoms with Crippen molar-refractivity contribution in [2.24, 2.45) is 11.8 Å². The minimum absolute atomic E-state index is 0.106. The molecular formula is C73H142O17P2. The van der Waals surface area contributed by atoms with Gasteiger partial charge in [0.15, 0.2) is 12.2 Å². The van der Waals surface area contributed by atoms with E-state index in [1.165, 1.54) is 180 Å². The van der Waals surface area contributed by atoms with E-state index in [9.17, 15) is 43.2 Å². The fraction of sp³-hybridized carbons (Fsp3) is 0.945. The van der Waals surface area contributed by atoms with Gasteiger partial charge in [-0.05, 0) is 37.5 Å². The molecule has 0 aromatic rings. The van der Waals surface area contributed by atoms with Gasteiger partial charge in [-0.15, -0.1) is 0 Å². The smallest absolute Gasteiger partial charge is 0.462 e. The molecule has 6 atom stereocenters. The summed E-state index contributed by atoms with van der Waals surface area (Å²) < 4.78 is 68.3. The van der Waals surface area contributed by atoms with E-state index < -0.39 is 97.5 Å². The van der Waals surface area contributed by atoms with Crippen molar-refractivity contribution in [1.29, 1.82) is 0 Å². The van der Waals surface area contributed by atoms with E-state index in [0.717, 1.165) is 115 Å². The third kappa shape index (κ3) is 65.4. The van der Waals surface area contributed by atoms with E-state index in [-0.39, 0.29) is 25.7 Å². The molecule has 0 aliphatic rings. The number of aliphatic hydroxyl groups is 1. The van der Waals surface area contributed by atoms with Crippen molar-refractivity contribution in [3.8, 4) is 0 Å². The Kier molecular flexibility index (Phi) is 63.7. The van der Waals surface area contributed by atoms with Crippen LogP contribution in [0.15, 0.2) is 0 Å². The average Bonchev–Trinajstić information content (AvgIpc) is 2.97. The van der Waals surface area contributed by atoms with Gasteiger partial charge in [0.2, 0.25) is 0 Å². The molecule has 0 aromatic carbocycles. The van der Waals surface area contributed by atoms with Crippen LogP contribution in [0.25, 0.3) is 0 Å². The molecule has 3 unspecified atom stereocenters. The molecule has 0 aliphatic heterocycles. The molecule has 17 nitrogen and oxygen atoms in total. The lowest BCUT2D eigenvalue weighted by Crippen LogP contribution is -2.30. The molecule has 92 heavy (non-hydrogen) atoms. The van der Waals surface area contributed by atoms with Crippen molar-refractivity contribution in [1.82, 2.24) is 0 Å². The third-order valence-electron chi connectivity index (χ3n) is 17.3. The summed E-state index contributed by atoms with van der Waals surface area (Å²) in [5, 5.41) is 10.6. The summed E-state index contributed by atoms with van der Waals surface area (Å²) in [6, 6.07) is 0. The summed E-state index contributed by atoms with van der Waals surface area (Å²) in [4.78, 5) is 72.6. The molecule has 0 spiro atoms. The zero-order valence-electron chi connectivity index (χ0n) is 59.9. The molecule has 0 saturated heterocycles. The van der Waals surface area contributed by atoms with E-state index in [1.54, 1.807) is 0 Å². The zero-order valence-corrected chi connectivity index (χ0v) is 61.6. The van der Waals surface area contributed by atoms with Crippen LogP contribution in [-0.2, 0) is 65.4 Å². The Morgan fingerprint density at radius 3 is 0.826 bits per heavy atom. The van der Waals surface area contributed by atoms with Crippen LogP contribution in [0.2, 0.25) is 0 Å². The Labute approximate surface area is 562 Å². The van der Waals surface area contributed by atoms with Crippen LogP contribution in [0.4, 0.5) is 0 Å². The number of unbranched alkanes of at least 4 members (excludes halogenated alkanes) is 41. The molecule has 0 aromatic heterocycles. The maximum atomic E-state index is 13.1. The fourth-order valence-electron chi connectivity index (χ4n) is 11.1. The summed E-state index contributed by atoms with van der Waals surface area (Å²) in [6.07, 6.45) is 51.3. The first-order valence-corrected chi connectivity index (χ1v) is 41.0. The van der Waals surface area contributed by atoms with E-state index >= 15 is 0 Å². The minimum atomic E-state index is -4.95. The van der Waals surface area contributed by atoms with Gasteiger partial charge < -0.3 is 33.8 Å². The minimum Gasteiger partial charge on any atom is -0.462 e. The molecule has 0 saturated carbocycles. The maximum absolute atomic E-state index is 13.1. The van der Waals surface area contributed by atoms with Crippen molar-refractivity contribution in [3.63, 3.8) is 0 Å². The molecule has 0 rings (SSSR count). The Balaban J connectivity index is 5.21. The normalized spacial score (nSPS) is 14.4. The Morgan fingerprint density at radius 1 is 0.315 bits per heavy atom. The van der Waals surface area contributed by atoms with Gasteiger partial charge in [0.25, 0.3) is 0 Å². The molecule has 3 N–H and O–H groups in total. The molecule has 0 heterocycles. The first kappa shape index (κ1) is 90.1. The van der Waals surface area contributed by atoms with Crippen molar-refractivity contribution in [2.45, 2.75) is 394 Å². The van der Waals surface area contributed by atoms with Gasteiger partial charge in [-0.25, -0.2) is 9.13 Å². The van der Waals surface area contributed by atoms with Gasteiger partial charge >= 0.3 is 39.5 Å². The molecule has 0 bridgehead atoms. The highest BCUT2D eigenvalue weighted by Gasteiger charge is 2.30. The van der Waals surface area contributed by atoms with Crippen LogP contribution < -0.4 is 0 Å². The van der Waals surface area contributed by atoms with Crippen LogP contribution in [0.1, 0.15) is 375 Å². The second-order valence-corrected chi connectivity index (χ2v) is 30.0. The predicted molar refractivity (Wildman–Crippen MR) is 372 cm³/mol. The fourth-order valence-corrected chi connectivity index (χ4v) is 12.7. The lowest BCUT2D eigenvalue weighted by Gasteiger charge is -2.21. The standard InChI is InChI=1S/C73H142O17P2/c1-7-10-12-14-16-17-18-19-20-21-22-23-26-33-39-45-51-57-72(77)90-69(62-84-71(76)56-50-44-38-32-27-24-25-30-36-41-47-53-65(4)5)64-88-92(81,82)86-60-67(74)59-85-91(79,80)87-63-68(61-83-70(75)55-49-43-35-15-13-11-8-2)89-73(78)58-52-46-40-34-29-28-31-37-42-48-54-66(6)9-3/h65-69,74H,7-64H2,1-6H3,(H,79,80)(H,81,82)/t66?,67-,68+,69+/m0/s1. The monoisotopic (exact) mass is 1350 g/mol. The summed E-state index contributed by atoms with van der Waals surface area (Å²) in [7, 11) is -9.90. The summed E-state index contributed by atoms with van der Waals surface area (Å²) in [5.41, 5.74) is 0. The Bertz CT molecular complexity index is 1790. The van der Waals surface area contributed by atoms with Gasteiger partial charge in [0, 0.05) is 25.7 Å². The summed E-state index contributed by atoms with van der Waals surface area (Å²) in [6.45, 7) is 9.56. The molecular weight excluding hydrogens is 1210 g/mol. The molecule has 0 aliphatic carbocycles. The van der Waals surface area contributed by atoms with Gasteiger partial charge in [0.05, 0.1) is 26.4 Å². The summed E-state index contributed by atoms with van der Waals surface area (Å²) >= 11 is 0. The largest absolute Gasteiger partial charge is 0.472 e. The highest BCUT2D eigenvalue weighted by molar-refractivity contribution is 7.47. The Morgan fingerprint density at radius 2 is 0.554 bits per heavy atom. The van der Waals surface area contributed by atoms with Crippen molar-refractivity contribution >= 4 is 39.5 Å². The number of hydrogen-bond donors (Lipinski definition) is 3. The predicted octanol–water partition coefficient (Wildman–Crippen LogP) is 21.2. The number of hydrogen-bond acceptors (Lipinski definition) is 15.